The van der Waals surface area contributed by atoms with Gasteiger partial charge in [0.05, 0.1) is 5.56 Å². The maximum atomic E-state index is 11.4. The van der Waals surface area contributed by atoms with Crippen molar-refractivity contribution in [3.8, 4) is 6.07 Å². The summed E-state index contributed by atoms with van der Waals surface area (Å²) in [4.78, 5) is 17.5. The Bertz CT molecular complexity index is 506. The summed E-state index contributed by atoms with van der Waals surface area (Å²) in [5.41, 5.74) is 1.41. The summed E-state index contributed by atoms with van der Waals surface area (Å²) in [5, 5.41) is 12.3. The minimum Gasteiger partial charge on any atom is -0.364 e. The van der Waals surface area contributed by atoms with E-state index in [2.05, 4.69) is 16.4 Å². The number of nitrogens with zero attached hydrogens (tertiary/aromatic N) is 3. The van der Waals surface area contributed by atoms with E-state index in [0.29, 0.717) is 24.3 Å². The zero-order chi connectivity index (χ0) is 13.1. The molecule has 1 atom stereocenters. The monoisotopic (exact) mass is 244 g/mol. The molecular weight excluding hydrogens is 228 g/mol. The highest BCUT2D eigenvalue weighted by molar-refractivity contribution is 5.77. The highest BCUT2D eigenvalue weighted by Gasteiger charge is 2.23. The largest absolute Gasteiger partial charge is 0.364 e. The topological polar surface area (TPSA) is 69.0 Å². The van der Waals surface area contributed by atoms with Crippen molar-refractivity contribution in [1.82, 2.24) is 9.88 Å². The van der Waals surface area contributed by atoms with Crippen molar-refractivity contribution in [2.75, 3.05) is 18.9 Å². The van der Waals surface area contributed by atoms with E-state index < -0.39 is 0 Å². The van der Waals surface area contributed by atoms with Crippen molar-refractivity contribution < 1.29 is 4.79 Å². The third-order valence-corrected chi connectivity index (χ3v) is 3.12. The van der Waals surface area contributed by atoms with Gasteiger partial charge in [0.1, 0.15) is 11.9 Å². The minimum atomic E-state index is 0.161. The number of rotatable bonds is 2. The van der Waals surface area contributed by atoms with Crippen molar-refractivity contribution in [2.24, 2.45) is 0 Å². The molecule has 1 aromatic rings. The van der Waals surface area contributed by atoms with Crippen LogP contribution in [0.4, 0.5) is 5.82 Å². The molecule has 1 saturated heterocycles. The van der Waals surface area contributed by atoms with Crippen LogP contribution in [0.3, 0.4) is 0 Å². The Balaban J connectivity index is 2.12. The van der Waals surface area contributed by atoms with Gasteiger partial charge in [-0.15, -0.1) is 0 Å². The molecule has 0 aliphatic carbocycles. The number of pyridine rings is 1. The number of hydrogen-bond acceptors (Lipinski definition) is 4. The van der Waals surface area contributed by atoms with Gasteiger partial charge in [-0.05, 0) is 25.5 Å². The van der Waals surface area contributed by atoms with Crippen LogP contribution >= 0.6 is 0 Å². The number of nitriles is 1. The molecule has 1 aliphatic heterocycles. The van der Waals surface area contributed by atoms with Crippen molar-refractivity contribution >= 4 is 11.7 Å². The van der Waals surface area contributed by atoms with E-state index in [1.807, 2.05) is 13.0 Å². The number of piperidine rings is 1. The van der Waals surface area contributed by atoms with Crippen molar-refractivity contribution in [1.29, 1.82) is 5.26 Å². The molecule has 2 rings (SSSR count). The third kappa shape index (κ3) is 2.59. The van der Waals surface area contributed by atoms with Gasteiger partial charge in [0.15, 0.2) is 0 Å². The van der Waals surface area contributed by atoms with E-state index in [0.717, 1.165) is 12.1 Å². The van der Waals surface area contributed by atoms with Crippen LogP contribution < -0.4 is 5.32 Å². The van der Waals surface area contributed by atoms with Gasteiger partial charge in [0.25, 0.3) is 0 Å². The molecule has 1 aliphatic rings. The molecule has 1 aromatic heterocycles. The zero-order valence-corrected chi connectivity index (χ0v) is 10.6. The lowest BCUT2D eigenvalue weighted by molar-refractivity contribution is -0.132. The standard InChI is InChI=1S/C13H16N4O/c1-9-3-4-10(7-14)13(15-9)16-11-5-6-12(18)17(2)8-11/h3-4,11H,5-6,8H2,1-2H3,(H,15,16). The molecule has 1 N–H and O–H groups in total. The second-order valence-electron chi connectivity index (χ2n) is 4.61. The molecule has 0 spiro atoms. The molecule has 1 fully saturated rings. The lowest BCUT2D eigenvalue weighted by atomic mass is 10.1. The molecular formula is C13H16N4O. The Morgan fingerprint density at radius 2 is 2.33 bits per heavy atom. The van der Waals surface area contributed by atoms with Gasteiger partial charge in [0.2, 0.25) is 5.91 Å². The minimum absolute atomic E-state index is 0.161. The van der Waals surface area contributed by atoms with Crippen molar-refractivity contribution in [3.05, 3.63) is 23.4 Å². The fraction of sp³-hybridized carbons (Fsp3) is 0.462. The van der Waals surface area contributed by atoms with E-state index in [-0.39, 0.29) is 11.9 Å². The fourth-order valence-corrected chi connectivity index (χ4v) is 2.08. The molecule has 18 heavy (non-hydrogen) atoms. The Kier molecular flexibility index (Phi) is 3.47. The van der Waals surface area contributed by atoms with Gasteiger partial charge in [0, 0.05) is 31.7 Å². The van der Waals surface area contributed by atoms with Gasteiger partial charge >= 0.3 is 0 Å². The van der Waals surface area contributed by atoms with Crippen LogP contribution in [0.2, 0.25) is 0 Å². The number of carbonyl (C=O) groups excluding carboxylic acids is 1. The number of likely N-dealkylation sites (tertiary alicyclic amines) is 1. The van der Waals surface area contributed by atoms with E-state index in [1.165, 1.54) is 0 Å². The average molecular weight is 244 g/mol. The van der Waals surface area contributed by atoms with Crippen LogP contribution in [-0.4, -0.2) is 35.4 Å². The second-order valence-corrected chi connectivity index (χ2v) is 4.61. The molecule has 5 nitrogen and oxygen atoms in total. The molecule has 0 saturated carbocycles. The average Bonchev–Trinajstić information content (AvgIpc) is 2.34. The quantitative estimate of drug-likeness (QED) is 0.851. The second kappa shape index (κ2) is 5.05. The fourth-order valence-electron chi connectivity index (χ4n) is 2.08. The zero-order valence-electron chi connectivity index (χ0n) is 10.6. The number of aryl methyl sites for hydroxylation is 1. The molecule has 5 heteroatoms. The van der Waals surface area contributed by atoms with Gasteiger partial charge < -0.3 is 10.2 Å². The Morgan fingerprint density at radius 3 is 3.00 bits per heavy atom. The lowest BCUT2D eigenvalue weighted by Gasteiger charge is -2.30. The van der Waals surface area contributed by atoms with Crippen molar-refractivity contribution in [2.45, 2.75) is 25.8 Å². The van der Waals surface area contributed by atoms with Gasteiger partial charge in [-0.25, -0.2) is 4.98 Å². The summed E-state index contributed by atoms with van der Waals surface area (Å²) in [6, 6.07) is 5.87. The van der Waals surface area contributed by atoms with E-state index in [4.69, 9.17) is 5.26 Å². The van der Waals surface area contributed by atoms with Crippen molar-refractivity contribution in [3.63, 3.8) is 0 Å². The molecule has 2 heterocycles. The summed E-state index contributed by atoms with van der Waals surface area (Å²) in [5.74, 6) is 0.788. The molecule has 0 aromatic carbocycles. The number of nitrogens with one attached hydrogen (secondary N) is 1. The first-order chi connectivity index (χ1) is 8.60. The van der Waals surface area contributed by atoms with Gasteiger partial charge in [-0.3, -0.25) is 4.79 Å². The molecule has 0 radical (unpaired) electrons. The van der Waals surface area contributed by atoms with Crippen LogP contribution in [0.1, 0.15) is 24.1 Å². The predicted molar refractivity (Wildman–Crippen MR) is 68.0 cm³/mol. The predicted octanol–water partition coefficient (Wildman–Crippen LogP) is 1.29. The number of likely N-dealkylation sites (N-methyl/N-ethyl adjacent to an activating group) is 1. The van der Waals surface area contributed by atoms with Gasteiger partial charge in [-0.2, -0.15) is 5.26 Å². The smallest absolute Gasteiger partial charge is 0.222 e. The number of aromatic nitrogens is 1. The highest BCUT2D eigenvalue weighted by atomic mass is 16.2. The number of hydrogen-bond donors (Lipinski definition) is 1. The van der Waals surface area contributed by atoms with Crippen LogP contribution in [0.5, 0.6) is 0 Å². The van der Waals surface area contributed by atoms with E-state index in [9.17, 15) is 4.79 Å². The maximum absolute atomic E-state index is 11.4. The summed E-state index contributed by atoms with van der Waals surface area (Å²) < 4.78 is 0. The summed E-state index contributed by atoms with van der Waals surface area (Å²) >= 11 is 0. The SMILES string of the molecule is Cc1ccc(C#N)c(NC2CCC(=O)N(C)C2)n1. The highest BCUT2D eigenvalue weighted by Crippen LogP contribution is 2.18. The molecule has 94 valence electrons. The van der Waals surface area contributed by atoms with Crippen LogP contribution in [0.15, 0.2) is 12.1 Å². The number of amides is 1. The Morgan fingerprint density at radius 1 is 1.56 bits per heavy atom. The Hall–Kier alpha value is -2.09. The van der Waals surface area contributed by atoms with Crippen LogP contribution in [0.25, 0.3) is 0 Å². The van der Waals surface area contributed by atoms with Gasteiger partial charge in [-0.1, -0.05) is 0 Å². The summed E-state index contributed by atoms with van der Waals surface area (Å²) in [7, 11) is 1.80. The summed E-state index contributed by atoms with van der Waals surface area (Å²) in [6.07, 6.45) is 1.32. The number of carbonyl (C=O) groups is 1. The first-order valence-electron chi connectivity index (χ1n) is 5.98. The lowest BCUT2D eigenvalue weighted by Crippen LogP contribution is -2.43. The molecule has 1 unspecified atom stereocenters. The first kappa shape index (κ1) is 12.4. The van der Waals surface area contributed by atoms with E-state index >= 15 is 0 Å². The molecule has 0 bridgehead atoms. The van der Waals surface area contributed by atoms with Crippen LogP contribution in [-0.2, 0) is 4.79 Å². The van der Waals surface area contributed by atoms with E-state index in [1.54, 1.807) is 18.0 Å². The number of anilines is 1. The Labute approximate surface area is 106 Å². The first-order valence-corrected chi connectivity index (χ1v) is 5.98. The normalized spacial score (nSPS) is 19.5. The van der Waals surface area contributed by atoms with Crippen LogP contribution in [0, 0.1) is 18.3 Å². The summed E-state index contributed by atoms with van der Waals surface area (Å²) in [6.45, 7) is 2.54. The third-order valence-electron chi connectivity index (χ3n) is 3.12. The maximum Gasteiger partial charge on any atom is 0.222 e. The molecule has 1 amide bonds.